The summed E-state index contributed by atoms with van der Waals surface area (Å²) in [6.07, 6.45) is 4.52. The molecule has 2 aromatic rings. The van der Waals surface area contributed by atoms with Crippen LogP contribution in [-0.4, -0.2) is 26.4 Å². The summed E-state index contributed by atoms with van der Waals surface area (Å²) in [5, 5.41) is 6.37. The van der Waals surface area contributed by atoms with Gasteiger partial charge in [-0.05, 0) is 42.7 Å². The van der Waals surface area contributed by atoms with Crippen LogP contribution in [0.3, 0.4) is 0 Å². The second-order valence-corrected chi connectivity index (χ2v) is 5.39. The largest absolute Gasteiger partial charge is 0.372 e. The molecule has 0 saturated carbocycles. The molecule has 3 rings (SSSR count). The first-order valence-corrected chi connectivity index (χ1v) is 7.51. The lowest BCUT2D eigenvalue weighted by atomic mass is 10.2. The molecular formula is C18H21N3. The van der Waals surface area contributed by atoms with Crippen LogP contribution in [0.4, 0.5) is 11.4 Å². The molecule has 1 heterocycles. The average molecular weight is 279 g/mol. The van der Waals surface area contributed by atoms with E-state index in [1.165, 1.54) is 31.6 Å². The van der Waals surface area contributed by atoms with Gasteiger partial charge in [-0.15, -0.1) is 0 Å². The monoisotopic (exact) mass is 279 g/mol. The number of para-hydroxylation sites is 1. The summed E-state index contributed by atoms with van der Waals surface area (Å²) in [6.45, 7) is 2.37. The van der Waals surface area contributed by atoms with Crippen LogP contribution >= 0.6 is 0 Å². The van der Waals surface area contributed by atoms with Gasteiger partial charge in [-0.25, -0.2) is 0 Å². The Morgan fingerprint density at radius 1 is 0.952 bits per heavy atom. The summed E-state index contributed by atoms with van der Waals surface area (Å²) in [4.78, 5) is 2.44. The summed E-state index contributed by atoms with van der Waals surface area (Å²) >= 11 is 0. The molecule has 0 aliphatic carbocycles. The molecule has 1 aliphatic rings. The van der Waals surface area contributed by atoms with E-state index in [1.807, 2.05) is 48.6 Å². The van der Waals surface area contributed by atoms with Crippen molar-refractivity contribution in [2.24, 2.45) is 5.10 Å². The number of hydrogen-bond donors (Lipinski definition) is 0. The lowest BCUT2D eigenvalue weighted by Gasteiger charge is -2.17. The van der Waals surface area contributed by atoms with Crippen LogP contribution in [0.25, 0.3) is 0 Å². The van der Waals surface area contributed by atoms with E-state index in [9.17, 15) is 0 Å². The predicted molar refractivity (Wildman–Crippen MR) is 90.3 cm³/mol. The summed E-state index contributed by atoms with van der Waals surface area (Å²) < 4.78 is 0. The van der Waals surface area contributed by atoms with Gasteiger partial charge in [-0.2, -0.15) is 5.10 Å². The van der Waals surface area contributed by atoms with Gasteiger partial charge in [0.1, 0.15) is 0 Å². The highest BCUT2D eigenvalue weighted by Gasteiger charge is 2.11. The Balaban J connectivity index is 1.66. The minimum atomic E-state index is 1.09. The molecule has 0 aromatic heterocycles. The second-order valence-electron chi connectivity index (χ2n) is 5.39. The molecule has 0 atom stereocenters. The topological polar surface area (TPSA) is 18.8 Å². The highest BCUT2D eigenvalue weighted by molar-refractivity contribution is 5.81. The molecular weight excluding hydrogens is 258 g/mol. The normalized spacial score (nSPS) is 14.8. The van der Waals surface area contributed by atoms with Crippen LogP contribution < -0.4 is 9.91 Å². The quantitative estimate of drug-likeness (QED) is 0.627. The predicted octanol–water partition coefficient (Wildman–Crippen LogP) is 3.76. The van der Waals surface area contributed by atoms with Gasteiger partial charge in [-0.1, -0.05) is 30.3 Å². The number of hydrogen-bond acceptors (Lipinski definition) is 3. The molecule has 21 heavy (non-hydrogen) atoms. The maximum Gasteiger partial charge on any atom is 0.0590 e. The van der Waals surface area contributed by atoms with Gasteiger partial charge in [0, 0.05) is 25.8 Å². The smallest absolute Gasteiger partial charge is 0.0590 e. The van der Waals surface area contributed by atoms with Gasteiger partial charge in [-0.3, -0.25) is 5.01 Å². The Bertz CT molecular complexity index is 584. The van der Waals surface area contributed by atoms with Crippen molar-refractivity contribution < 1.29 is 0 Å². The maximum atomic E-state index is 4.49. The minimum absolute atomic E-state index is 1.09. The summed E-state index contributed by atoms with van der Waals surface area (Å²) in [7, 11) is 1.96. The molecule has 1 aliphatic heterocycles. The van der Waals surface area contributed by atoms with Crippen LogP contribution in [-0.2, 0) is 0 Å². The van der Waals surface area contributed by atoms with Crippen LogP contribution in [0.2, 0.25) is 0 Å². The van der Waals surface area contributed by atoms with Crippen molar-refractivity contribution in [3.8, 4) is 0 Å². The van der Waals surface area contributed by atoms with Gasteiger partial charge < -0.3 is 4.90 Å². The summed E-state index contributed by atoms with van der Waals surface area (Å²) in [5.41, 5.74) is 3.53. The van der Waals surface area contributed by atoms with Crippen molar-refractivity contribution in [1.82, 2.24) is 0 Å². The van der Waals surface area contributed by atoms with E-state index in [0.29, 0.717) is 0 Å². The van der Waals surface area contributed by atoms with Crippen LogP contribution in [0, 0.1) is 0 Å². The number of anilines is 2. The molecule has 3 heteroatoms. The Labute approximate surface area is 126 Å². The van der Waals surface area contributed by atoms with Crippen molar-refractivity contribution in [3.05, 3.63) is 60.2 Å². The molecule has 0 unspecified atom stereocenters. The lowest BCUT2D eigenvalue weighted by Crippen LogP contribution is -2.17. The number of hydrazone groups is 1. The van der Waals surface area contributed by atoms with E-state index < -0.39 is 0 Å². The zero-order valence-electron chi connectivity index (χ0n) is 12.4. The molecule has 108 valence electrons. The molecule has 0 spiro atoms. The van der Waals surface area contributed by atoms with Gasteiger partial charge in [0.15, 0.2) is 0 Å². The Kier molecular flexibility index (Phi) is 4.20. The molecule has 3 nitrogen and oxygen atoms in total. The Hall–Kier alpha value is -2.29. The van der Waals surface area contributed by atoms with Gasteiger partial charge in [0.25, 0.3) is 0 Å². The third-order valence-corrected chi connectivity index (χ3v) is 3.87. The highest BCUT2D eigenvalue weighted by atomic mass is 15.4. The van der Waals surface area contributed by atoms with Crippen LogP contribution in [0.15, 0.2) is 59.7 Å². The lowest BCUT2D eigenvalue weighted by molar-refractivity contribution is 0.949. The van der Waals surface area contributed by atoms with Crippen LogP contribution in [0.5, 0.6) is 0 Å². The third kappa shape index (κ3) is 3.43. The van der Waals surface area contributed by atoms with E-state index in [1.54, 1.807) is 0 Å². The molecule has 0 radical (unpaired) electrons. The van der Waals surface area contributed by atoms with Crippen molar-refractivity contribution in [2.45, 2.75) is 12.8 Å². The molecule has 1 fully saturated rings. The van der Waals surface area contributed by atoms with E-state index in [-0.39, 0.29) is 0 Å². The van der Waals surface area contributed by atoms with E-state index in [4.69, 9.17) is 0 Å². The molecule has 2 aromatic carbocycles. The Morgan fingerprint density at radius 3 is 2.29 bits per heavy atom. The van der Waals surface area contributed by atoms with E-state index >= 15 is 0 Å². The standard InChI is InChI=1S/C18H21N3/c1-20(17-7-3-2-4-8-17)19-15-16-9-11-18(12-10-16)21-13-5-6-14-21/h2-4,7-12,15H,5-6,13-14H2,1H3. The van der Waals surface area contributed by atoms with Crippen molar-refractivity contribution in [1.29, 1.82) is 0 Å². The molecule has 1 saturated heterocycles. The average Bonchev–Trinajstić information content (AvgIpc) is 3.08. The van der Waals surface area contributed by atoms with Gasteiger partial charge in [0.2, 0.25) is 0 Å². The van der Waals surface area contributed by atoms with Crippen LogP contribution in [0.1, 0.15) is 18.4 Å². The molecule has 0 N–H and O–H groups in total. The zero-order chi connectivity index (χ0) is 14.5. The first-order chi connectivity index (χ1) is 10.3. The first-order valence-electron chi connectivity index (χ1n) is 7.51. The van der Waals surface area contributed by atoms with Gasteiger partial charge >= 0.3 is 0 Å². The number of rotatable bonds is 4. The maximum absolute atomic E-state index is 4.49. The first kappa shape index (κ1) is 13.7. The van der Waals surface area contributed by atoms with E-state index in [0.717, 1.165) is 11.3 Å². The number of nitrogens with zero attached hydrogens (tertiary/aromatic N) is 3. The van der Waals surface area contributed by atoms with Crippen molar-refractivity contribution >= 4 is 17.6 Å². The molecule has 0 amide bonds. The van der Waals surface area contributed by atoms with E-state index in [2.05, 4.69) is 34.3 Å². The zero-order valence-corrected chi connectivity index (χ0v) is 12.4. The summed E-state index contributed by atoms with van der Waals surface area (Å²) in [6, 6.07) is 18.8. The molecule has 0 bridgehead atoms. The number of benzene rings is 2. The fourth-order valence-corrected chi connectivity index (χ4v) is 2.61. The van der Waals surface area contributed by atoms with Crippen molar-refractivity contribution in [2.75, 3.05) is 30.0 Å². The second kappa shape index (κ2) is 6.44. The van der Waals surface area contributed by atoms with Gasteiger partial charge in [0.05, 0.1) is 11.9 Å². The fraction of sp³-hybridized carbons (Fsp3) is 0.278. The SMILES string of the molecule is CN(N=Cc1ccc(N2CCCC2)cc1)c1ccccc1. The van der Waals surface area contributed by atoms with Crippen molar-refractivity contribution in [3.63, 3.8) is 0 Å². The third-order valence-electron chi connectivity index (χ3n) is 3.87. The summed E-state index contributed by atoms with van der Waals surface area (Å²) in [5.74, 6) is 0. The fourth-order valence-electron chi connectivity index (χ4n) is 2.61. The highest BCUT2D eigenvalue weighted by Crippen LogP contribution is 2.20. The Morgan fingerprint density at radius 2 is 1.62 bits per heavy atom. The minimum Gasteiger partial charge on any atom is -0.372 e.